The summed E-state index contributed by atoms with van der Waals surface area (Å²) in [6, 6.07) is 12.3. The number of fused-ring (bicyclic) bond motifs is 1. The van der Waals surface area contributed by atoms with Crippen LogP contribution in [0.25, 0.3) is 22.6 Å². The molecule has 0 spiro atoms. The van der Waals surface area contributed by atoms with Crippen LogP contribution in [-0.4, -0.2) is 45.3 Å². The van der Waals surface area contributed by atoms with Crippen LogP contribution in [-0.2, 0) is 10.0 Å². The van der Waals surface area contributed by atoms with Crippen LogP contribution < -0.4 is 0 Å². The average Bonchev–Trinajstić information content (AvgIpc) is 3.24. The van der Waals surface area contributed by atoms with Crippen LogP contribution in [0.2, 0.25) is 5.02 Å². The van der Waals surface area contributed by atoms with Crippen LogP contribution in [0, 0.1) is 18.3 Å². The van der Waals surface area contributed by atoms with E-state index >= 15 is 0 Å². The van der Waals surface area contributed by atoms with Gasteiger partial charge in [-0.15, -0.1) is 0 Å². The van der Waals surface area contributed by atoms with E-state index < -0.39 is 10.0 Å². The van der Waals surface area contributed by atoms with Gasteiger partial charge >= 0.3 is 0 Å². The fourth-order valence-corrected chi connectivity index (χ4v) is 6.09. The second-order valence-electron chi connectivity index (χ2n) is 8.23. The number of pyridine rings is 2. The Balaban J connectivity index is 1.47. The van der Waals surface area contributed by atoms with E-state index in [1.807, 2.05) is 18.2 Å². The predicted molar refractivity (Wildman–Crippen MR) is 129 cm³/mol. The molecular formula is C24H21ClN6O2S. The maximum Gasteiger partial charge on any atom is 0.243 e. The van der Waals surface area contributed by atoms with Gasteiger partial charge in [0.05, 0.1) is 21.6 Å². The van der Waals surface area contributed by atoms with Crippen molar-refractivity contribution in [2.45, 2.75) is 30.7 Å². The van der Waals surface area contributed by atoms with E-state index in [9.17, 15) is 13.7 Å². The fourth-order valence-electron chi connectivity index (χ4n) is 4.39. The summed E-state index contributed by atoms with van der Waals surface area (Å²) in [5.41, 5.74) is 3.37. The number of piperidine rings is 1. The van der Waals surface area contributed by atoms with Crippen LogP contribution in [0.4, 0.5) is 0 Å². The number of sulfonamides is 1. The van der Waals surface area contributed by atoms with Crippen molar-refractivity contribution in [3.8, 4) is 17.5 Å². The van der Waals surface area contributed by atoms with E-state index in [0.717, 1.165) is 22.3 Å². The van der Waals surface area contributed by atoms with Crippen LogP contribution in [0.3, 0.4) is 0 Å². The molecule has 34 heavy (non-hydrogen) atoms. The number of nitrogens with zero attached hydrogens (tertiary/aromatic N) is 6. The quantitative estimate of drug-likeness (QED) is 0.419. The lowest BCUT2D eigenvalue weighted by Crippen LogP contribution is -2.39. The van der Waals surface area contributed by atoms with Gasteiger partial charge in [-0.05, 0) is 55.7 Å². The lowest BCUT2D eigenvalue weighted by atomic mass is 10.1. The third-order valence-electron chi connectivity index (χ3n) is 6.22. The van der Waals surface area contributed by atoms with Crippen LogP contribution in [0.5, 0.6) is 0 Å². The van der Waals surface area contributed by atoms with Crippen molar-refractivity contribution in [1.29, 1.82) is 5.26 Å². The number of imidazole rings is 1. The van der Waals surface area contributed by atoms with E-state index in [-0.39, 0.29) is 10.9 Å². The second-order valence-corrected chi connectivity index (χ2v) is 10.6. The van der Waals surface area contributed by atoms with Crippen molar-refractivity contribution in [3.05, 3.63) is 71.1 Å². The topological polar surface area (TPSA) is 105 Å². The van der Waals surface area contributed by atoms with Crippen molar-refractivity contribution in [2.24, 2.45) is 0 Å². The van der Waals surface area contributed by atoms with E-state index in [2.05, 4.69) is 20.6 Å². The first-order valence-corrected chi connectivity index (χ1v) is 12.7. The Kier molecular flexibility index (Phi) is 5.81. The summed E-state index contributed by atoms with van der Waals surface area (Å²) < 4.78 is 30.1. The standard InChI is InChI=1S/C24H21ClN6O2S/c1-16-4-5-19(13-17(16)14-26)34(32,33)30-11-7-18(8-12-30)31-23(20-6-10-27-15-21(20)25)29-22-3-2-9-28-24(22)31/h2-6,9-10,13,15,18H,7-8,11-12H2,1H3. The Morgan fingerprint density at radius 1 is 1.15 bits per heavy atom. The monoisotopic (exact) mass is 492 g/mol. The molecular weight excluding hydrogens is 472 g/mol. The molecule has 1 aliphatic heterocycles. The van der Waals surface area contributed by atoms with Gasteiger partial charge in [-0.3, -0.25) is 4.98 Å². The first-order valence-electron chi connectivity index (χ1n) is 10.8. The molecule has 0 unspecified atom stereocenters. The molecule has 4 heterocycles. The molecule has 3 aromatic heterocycles. The van der Waals surface area contributed by atoms with Crippen LogP contribution in [0.1, 0.15) is 30.0 Å². The second kappa shape index (κ2) is 8.80. The fraction of sp³-hybridized carbons (Fsp3) is 0.250. The molecule has 0 saturated carbocycles. The summed E-state index contributed by atoms with van der Waals surface area (Å²) in [6.07, 6.45) is 6.16. The van der Waals surface area contributed by atoms with Gasteiger partial charge in [0.25, 0.3) is 0 Å². The summed E-state index contributed by atoms with van der Waals surface area (Å²) in [4.78, 5) is 13.6. The number of benzene rings is 1. The van der Waals surface area contributed by atoms with Crippen LogP contribution >= 0.6 is 11.6 Å². The highest BCUT2D eigenvalue weighted by molar-refractivity contribution is 7.89. The molecule has 10 heteroatoms. The number of hydrogen-bond donors (Lipinski definition) is 0. The van der Waals surface area contributed by atoms with Crippen molar-refractivity contribution in [2.75, 3.05) is 13.1 Å². The molecule has 5 rings (SSSR count). The minimum Gasteiger partial charge on any atom is -0.305 e. The molecule has 0 aliphatic carbocycles. The SMILES string of the molecule is Cc1ccc(S(=O)(=O)N2CCC(n3c(-c4ccncc4Cl)nc4cccnc43)CC2)cc1C#N. The molecule has 0 atom stereocenters. The summed E-state index contributed by atoms with van der Waals surface area (Å²) in [6.45, 7) is 2.48. The number of halogens is 1. The molecule has 1 aromatic carbocycles. The van der Waals surface area contributed by atoms with Crippen LogP contribution in [0.15, 0.2) is 59.9 Å². The van der Waals surface area contributed by atoms with Gasteiger partial charge in [0.15, 0.2) is 5.65 Å². The molecule has 0 bridgehead atoms. The molecule has 1 saturated heterocycles. The normalized spacial score (nSPS) is 15.4. The van der Waals surface area contributed by atoms with Crippen molar-refractivity contribution in [3.63, 3.8) is 0 Å². The smallest absolute Gasteiger partial charge is 0.243 e. The first-order chi connectivity index (χ1) is 16.4. The van der Waals surface area contributed by atoms with Gasteiger partial charge in [0.2, 0.25) is 10.0 Å². The largest absolute Gasteiger partial charge is 0.305 e. The van der Waals surface area contributed by atoms with E-state index in [1.54, 1.807) is 37.6 Å². The molecule has 4 aromatic rings. The minimum absolute atomic E-state index is 0.00160. The third-order valence-corrected chi connectivity index (χ3v) is 8.41. The molecule has 0 radical (unpaired) electrons. The minimum atomic E-state index is -3.70. The Morgan fingerprint density at radius 2 is 1.94 bits per heavy atom. The zero-order valence-electron chi connectivity index (χ0n) is 18.4. The first kappa shape index (κ1) is 22.5. The lowest BCUT2D eigenvalue weighted by molar-refractivity contribution is 0.278. The highest BCUT2D eigenvalue weighted by Gasteiger charge is 2.32. The summed E-state index contributed by atoms with van der Waals surface area (Å²) >= 11 is 6.44. The molecule has 1 fully saturated rings. The van der Waals surface area contributed by atoms with Crippen molar-refractivity contribution >= 4 is 32.8 Å². The molecule has 172 valence electrons. The van der Waals surface area contributed by atoms with E-state index in [1.165, 1.54) is 10.4 Å². The third kappa shape index (κ3) is 3.84. The summed E-state index contributed by atoms with van der Waals surface area (Å²) in [7, 11) is -3.70. The number of aryl methyl sites for hydroxylation is 1. The molecule has 8 nitrogen and oxygen atoms in total. The number of rotatable bonds is 4. The summed E-state index contributed by atoms with van der Waals surface area (Å²) in [5, 5.41) is 9.79. The van der Waals surface area contributed by atoms with Gasteiger partial charge in [-0.2, -0.15) is 9.57 Å². The average molecular weight is 493 g/mol. The molecule has 0 amide bonds. The van der Waals surface area contributed by atoms with Gasteiger partial charge in [-0.1, -0.05) is 17.7 Å². The molecule has 0 N–H and O–H groups in total. The maximum atomic E-state index is 13.3. The predicted octanol–water partition coefficient (Wildman–Crippen LogP) is 4.35. The van der Waals surface area contributed by atoms with Gasteiger partial charge in [0.1, 0.15) is 11.3 Å². The number of nitriles is 1. The van der Waals surface area contributed by atoms with Gasteiger partial charge in [-0.25, -0.2) is 18.4 Å². The Hall–Kier alpha value is -3.32. The zero-order valence-corrected chi connectivity index (χ0v) is 20.0. The van der Waals surface area contributed by atoms with Crippen molar-refractivity contribution < 1.29 is 8.42 Å². The zero-order chi connectivity index (χ0) is 23.9. The van der Waals surface area contributed by atoms with Crippen molar-refractivity contribution in [1.82, 2.24) is 23.8 Å². The number of hydrogen-bond acceptors (Lipinski definition) is 6. The molecule has 1 aliphatic rings. The number of aromatic nitrogens is 4. The highest BCUT2D eigenvalue weighted by atomic mass is 35.5. The Morgan fingerprint density at radius 3 is 2.68 bits per heavy atom. The maximum absolute atomic E-state index is 13.3. The van der Waals surface area contributed by atoms with E-state index in [0.29, 0.717) is 42.3 Å². The van der Waals surface area contributed by atoms with Gasteiger partial charge in [0, 0.05) is 43.3 Å². The lowest BCUT2D eigenvalue weighted by Gasteiger charge is -2.32. The Labute approximate surface area is 202 Å². The Bertz CT molecular complexity index is 1530. The van der Waals surface area contributed by atoms with E-state index in [4.69, 9.17) is 16.6 Å². The highest BCUT2D eigenvalue weighted by Crippen LogP contribution is 2.36. The van der Waals surface area contributed by atoms with Gasteiger partial charge < -0.3 is 4.57 Å². The summed E-state index contributed by atoms with van der Waals surface area (Å²) in [5.74, 6) is 0.694.